The Morgan fingerprint density at radius 3 is 2.39 bits per heavy atom. The van der Waals surface area contributed by atoms with E-state index in [4.69, 9.17) is 5.73 Å². The number of hydrogen-bond donors (Lipinski definition) is 1. The molecule has 1 unspecified atom stereocenters. The monoisotopic (exact) mass is 313 g/mol. The molecule has 100 valence electrons. The van der Waals surface area contributed by atoms with Crippen molar-refractivity contribution in [3.8, 4) is 0 Å². The quantitative estimate of drug-likeness (QED) is 0.821. The summed E-state index contributed by atoms with van der Waals surface area (Å²) < 4.78 is 14.8. The standard InChI is InChI=1S/C15H21BrFN/c16-12-8-9-14(17)13(10-12)15(18)11-6-4-2-1-3-5-7-11/h8-11,15H,1-7,18H2. The largest absolute Gasteiger partial charge is 0.324 e. The summed E-state index contributed by atoms with van der Waals surface area (Å²) >= 11 is 3.39. The van der Waals surface area contributed by atoms with Gasteiger partial charge in [0.05, 0.1) is 0 Å². The van der Waals surface area contributed by atoms with Crippen molar-refractivity contribution in [2.24, 2.45) is 11.7 Å². The molecule has 1 saturated carbocycles. The van der Waals surface area contributed by atoms with Gasteiger partial charge in [0.2, 0.25) is 0 Å². The molecule has 18 heavy (non-hydrogen) atoms. The van der Waals surface area contributed by atoms with E-state index in [1.165, 1.54) is 38.2 Å². The lowest BCUT2D eigenvalue weighted by atomic mass is 9.83. The number of hydrogen-bond acceptors (Lipinski definition) is 1. The third-order valence-corrected chi connectivity index (χ3v) is 4.47. The molecule has 0 spiro atoms. The van der Waals surface area contributed by atoms with Crippen molar-refractivity contribution in [3.05, 3.63) is 34.1 Å². The van der Waals surface area contributed by atoms with Gasteiger partial charge in [0, 0.05) is 16.1 Å². The van der Waals surface area contributed by atoms with Crippen molar-refractivity contribution in [2.45, 2.75) is 51.0 Å². The third kappa shape index (κ3) is 3.55. The van der Waals surface area contributed by atoms with E-state index in [2.05, 4.69) is 15.9 Å². The molecule has 1 aliphatic rings. The molecule has 3 heteroatoms. The molecule has 1 aromatic carbocycles. The topological polar surface area (TPSA) is 26.0 Å². The zero-order chi connectivity index (χ0) is 13.0. The van der Waals surface area contributed by atoms with Gasteiger partial charge in [-0.3, -0.25) is 0 Å². The van der Waals surface area contributed by atoms with E-state index in [1.807, 2.05) is 6.07 Å². The van der Waals surface area contributed by atoms with E-state index in [0.29, 0.717) is 11.5 Å². The van der Waals surface area contributed by atoms with Crippen LogP contribution in [-0.2, 0) is 0 Å². The highest BCUT2D eigenvalue weighted by molar-refractivity contribution is 9.10. The van der Waals surface area contributed by atoms with Gasteiger partial charge in [-0.1, -0.05) is 48.0 Å². The summed E-state index contributed by atoms with van der Waals surface area (Å²) in [5.41, 5.74) is 6.96. The van der Waals surface area contributed by atoms with Gasteiger partial charge in [-0.15, -0.1) is 0 Å². The predicted molar refractivity (Wildman–Crippen MR) is 76.8 cm³/mol. The summed E-state index contributed by atoms with van der Waals surface area (Å²) in [7, 11) is 0. The fourth-order valence-corrected chi connectivity index (χ4v) is 3.25. The molecule has 1 atom stereocenters. The summed E-state index contributed by atoms with van der Waals surface area (Å²) in [6.07, 6.45) is 8.66. The fraction of sp³-hybridized carbons (Fsp3) is 0.600. The minimum Gasteiger partial charge on any atom is -0.324 e. The molecular weight excluding hydrogens is 293 g/mol. The van der Waals surface area contributed by atoms with Crippen molar-refractivity contribution in [1.29, 1.82) is 0 Å². The minimum atomic E-state index is -0.173. The van der Waals surface area contributed by atoms with Crippen LogP contribution in [0.3, 0.4) is 0 Å². The van der Waals surface area contributed by atoms with Crippen LogP contribution in [0, 0.1) is 11.7 Å². The first-order valence-electron chi connectivity index (χ1n) is 6.89. The van der Waals surface area contributed by atoms with E-state index >= 15 is 0 Å². The Bertz CT molecular complexity index is 386. The Morgan fingerprint density at radius 1 is 1.11 bits per heavy atom. The molecule has 0 radical (unpaired) electrons. The highest BCUT2D eigenvalue weighted by Gasteiger charge is 2.22. The summed E-state index contributed by atoms with van der Waals surface area (Å²) in [5, 5.41) is 0. The number of nitrogens with two attached hydrogens (primary N) is 1. The molecule has 1 fully saturated rings. The average molecular weight is 314 g/mol. The molecular formula is C15H21BrFN. The van der Waals surface area contributed by atoms with Gasteiger partial charge in [-0.25, -0.2) is 4.39 Å². The Hall–Kier alpha value is -0.410. The van der Waals surface area contributed by atoms with Gasteiger partial charge in [0.25, 0.3) is 0 Å². The van der Waals surface area contributed by atoms with Crippen LogP contribution in [0.5, 0.6) is 0 Å². The second-order valence-corrected chi connectivity index (χ2v) is 6.21. The molecule has 0 bridgehead atoms. The lowest BCUT2D eigenvalue weighted by molar-refractivity contribution is 0.322. The Kier molecular flexibility index (Phi) is 5.19. The van der Waals surface area contributed by atoms with Crippen molar-refractivity contribution in [1.82, 2.24) is 0 Å². The van der Waals surface area contributed by atoms with E-state index in [0.717, 1.165) is 17.3 Å². The van der Waals surface area contributed by atoms with Gasteiger partial charge < -0.3 is 5.73 Å². The van der Waals surface area contributed by atoms with Crippen LogP contribution in [0.15, 0.2) is 22.7 Å². The van der Waals surface area contributed by atoms with E-state index < -0.39 is 0 Å². The summed E-state index contributed by atoms with van der Waals surface area (Å²) in [6.45, 7) is 0. The second kappa shape index (κ2) is 6.67. The van der Waals surface area contributed by atoms with E-state index in [-0.39, 0.29) is 11.9 Å². The van der Waals surface area contributed by atoms with E-state index in [1.54, 1.807) is 6.07 Å². The highest BCUT2D eigenvalue weighted by Crippen LogP contribution is 2.33. The second-order valence-electron chi connectivity index (χ2n) is 5.30. The maximum atomic E-state index is 13.9. The summed E-state index contributed by atoms with van der Waals surface area (Å²) in [4.78, 5) is 0. The molecule has 0 aliphatic heterocycles. The number of benzene rings is 1. The van der Waals surface area contributed by atoms with Crippen LogP contribution in [0.1, 0.15) is 56.6 Å². The Balaban J connectivity index is 2.12. The Labute approximate surface area is 117 Å². The minimum absolute atomic E-state index is 0.166. The van der Waals surface area contributed by atoms with E-state index in [9.17, 15) is 4.39 Å². The predicted octanol–water partition coefficient (Wildman–Crippen LogP) is 4.95. The zero-order valence-electron chi connectivity index (χ0n) is 10.7. The molecule has 0 saturated heterocycles. The van der Waals surface area contributed by atoms with Gasteiger partial charge >= 0.3 is 0 Å². The maximum Gasteiger partial charge on any atom is 0.128 e. The Morgan fingerprint density at radius 2 is 1.72 bits per heavy atom. The first kappa shape index (κ1) is 14.0. The first-order valence-corrected chi connectivity index (χ1v) is 7.68. The number of rotatable bonds is 2. The molecule has 2 N–H and O–H groups in total. The van der Waals surface area contributed by atoms with Gasteiger partial charge in [-0.05, 0) is 37.0 Å². The lowest BCUT2D eigenvalue weighted by Gasteiger charge is -2.26. The van der Waals surface area contributed by atoms with Crippen LogP contribution < -0.4 is 5.73 Å². The highest BCUT2D eigenvalue weighted by atomic mass is 79.9. The molecule has 2 rings (SSSR count). The van der Waals surface area contributed by atoms with Crippen molar-refractivity contribution >= 4 is 15.9 Å². The van der Waals surface area contributed by atoms with Crippen molar-refractivity contribution in [2.75, 3.05) is 0 Å². The molecule has 1 nitrogen and oxygen atoms in total. The molecule has 0 aromatic heterocycles. The van der Waals surface area contributed by atoms with Crippen molar-refractivity contribution in [3.63, 3.8) is 0 Å². The normalized spacial score (nSPS) is 20.2. The van der Waals surface area contributed by atoms with Crippen LogP contribution in [0.4, 0.5) is 4.39 Å². The van der Waals surface area contributed by atoms with Crippen LogP contribution in [0.25, 0.3) is 0 Å². The molecule has 0 amide bonds. The smallest absolute Gasteiger partial charge is 0.128 e. The lowest BCUT2D eigenvalue weighted by Crippen LogP contribution is -2.23. The first-order chi connectivity index (χ1) is 8.68. The van der Waals surface area contributed by atoms with Crippen LogP contribution in [-0.4, -0.2) is 0 Å². The molecule has 1 aromatic rings. The number of halogens is 2. The summed E-state index contributed by atoms with van der Waals surface area (Å²) in [5.74, 6) is 0.252. The van der Waals surface area contributed by atoms with Crippen LogP contribution >= 0.6 is 15.9 Å². The zero-order valence-corrected chi connectivity index (χ0v) is 12.3. The maximum absolute atomic E-state index is 13.9. The fourth-order valence-electron chi connectivity index (χ4n) is 2.87. The average Bonchev–Trinajstić information content (AvgIpc) is 2.31. The summed E-state index contributed by atoms with van der Waals surface area (Å²) in [6, 6.07) is 4.89. The molecule has 1 aliphatic carbocycles. The SMILES string of the molecule is NC(c1cc(Br)ccc1F)C1CCCCCCC1. The van der Waals surface area contributed by atoms with Crippen molar-refractivity contribution < 1.29 is 4.39 Å². The van der Waals surface area contributed by atoms with Gasteiger partial charge in [0.1, 0.15) is 5.82 Å². The molecule has 0 heterocycles. The van der Waals surface area contributed by atoms with Gasteiger partial charge in [-0.2, -0.15) is 0 Å². The van der Waals surface area contributed by atoms with Crippen LogP contribution in [0.2, 0.25) is 0 Å². The third-order valence-electron chi connectivity index (χ3n) is 3.97. The van der Waals surface area contributed by atoms with Gasteiger partial charge in [0.15, 0.2) is 0 Å².